The average molecular weight is 296 g/mol. The Bertz CT molecular complexity index is 849. The van der Waals surface area contributed by atoms with E-state index in [9.17, 15) is 9.18 Å². The average Bonchev–Trinajstić information content (AvgIpc) is 2.55. The molecular weight excluding hydrogens is 283 g/mol. The molecule has 4 nitrogen and oxygen atoms in total. The van der Waals surface area contributed by atoms with Crippen LogP contribution in [0.1, 0.15) is 10.4 Å². The Morgan fingerprint density at radius 1 is 1.14 bits per heavy atom. The number of nitrogens with zero attached hydrogens (tertiary/aromatic N) is 1. The summed E-state index contributed by atoms with van der Waals surface area (Å²) in [6.07, 6.45) is 1.65. The first-order valence-electron chi connectivity index (χ1n) is 6.68. The van der Waals surface area contributed by atoms with Crippen molar-refractivity contribution >= 4 is 22.5 Å². The molecule has 3 aromatic rings. The molecule has 0 aliphatic carbocycles. The van der Waals surface area contributed by atoms with Crippen LogP contribution in [-0.4, -0.2) is 18.0 Å². The number of carbonyl (C=O) groups is 1. The standard InChI is InChI=1S/C17H13FN2O2/c1-22-15-9-8-14(12-6-4-10-19-16(12)15)20-17(21)11-5-2-3-7-13(11)18/h2-10H,1H3,(H,20,21). The molecule has 3 rings (SSSR count). The first kappa shape index (κ1) is 14.0. The normalized spacial score (nSPS) is 10.5. The second-order valence-electron chi connectivity index (χ2n) is 4.65. The van der Waals surface area contributed by atoms with E-state index in [0.29, 0.717) is 17.0 Å². The van der Waals surface area contributed by atoms with E-state index in [0.717, 1.165) is 5.39 Å². The first-order valence-corrected chi connectivity index (χ1v) is 6.68. The summed E-state index contributed by atoms with van der Waals surface area (Å²) in [6.45, 7) is 0. The van der Waals surface area contributed by atoms with E-state index < -0.39 is 11.7 Å². The number of methoxy groups -OCH3 is 1. The van der Waals surface area contributed by atoms with Crippen molar-refractivity contribution < 1.29 is 13.9 Å². The van der Waals surface area contributed by atoms with Gasteiger partial charge in [-0.2, -0.15) is 0 Å². The predicted molar refractivity (Wildman–Crippen MR) is 82.6 cm³/mol. The van der Waals surface area contributed by atoms with Crippen LogP contribution in [0.2, 0.25) is 0 Å². The third kappa shape index (κ3) is 2.48. The van der Waals surface area contributed by atoms with E-state index in [1.807, 2.05) is 6.07 Å². The molecule has 1 heterocycles. The maximum absolute atomic E-state index is 13.7. The summed E-state index contributed by atoms with van der Waals surface area (Å²) in [5, 5.41) is 3.45. The van der Waals surface area contributed by atoms with Gasteiger partial charge >= 0.3 is 0 Å². The summed E-state index contributed by atoms with van der Waals surface area (Å²) in [6, 6.07) is 12.9. The number of benzene rings is 2. The Balaban J connectivity index is 2.01. The Morgan fingerprint density at radius 2 is 1.95 bits per heavy atom. The predicted octanol–water partition coefficient (Wildman–Crippen LogP) is 3.63. The molecule has 0 aliphatic heterocycles. The Hall–Kier alpha value is -2.95. The van der Waals surface area contributed by atoms with Gasteiger partial charge < -0.3 is 10.1 Å². The van der Waals surface area contributed by atoms with Gasteiger partial charge in [-0.3, -0.25) is 9.78 Å². The summed E-state index contributed by atoms with van der Waals surface area (Å²) in [5.74, 6) is -0.455. The van der Waals surface area contributed by atoms with E-state index in [1.165, 1.54) is 12.1 Å². The molecule has 2 aromatic carbocycles. The molecular formula is C17H13FN2O2. The van der Waals surface area contributed by atoms with Gasteiger partial charge in [0.2, 0.25) is 0 Å². The zero-order chi connectivity index (χ0) is 15.5. The van der Waals surface area contributed by atoms with Gasteiger partial charge in [-0.15, -0.1) is 0 Å². The molecule has 0 saturated carbocycles. The van der Waals surface area contributed by atoms with Gasteiger partial charge in [0.05, 0.1) is 18.4 Å². The summed E-state index contributed by atoms with van der Waals surface area (Å²) in [4.78, 5) is 16.5. The first-order chi connectivity index (χ1) is 10.7. The molecule has 0 radical (unpaired) electrons. The van der Waals surface area contributed by atoms with Gasteiger partial charge in [0.1, 0.15) is 17.1 Å². The molecule has 0 aliphatic rings. The number of carbonyl (C=O) groups excluding carboxylic acids is 1. The lowest BCUT2D eigenvalue weighted by Gasteiger charge is -2.11. The Kier molecular flexibility index (Phi) is 3.70. The number of halogens is 1. The van der Waals surface area contributed by atoms with E-state index in [4.69, 9.17) is 4.74 Å². The summed E-state index contributed by atoms with van der Waals surface area (Å²) < 4.78 is 18.9. The molecule has 5 heteroatoms. The van der Waals surface area contributed by atoms with Gasteiger partial charge in [0, 0.05) is 11.6 Å². The molecule has 1 N–H and O–H groups in total. The highest BCUT2D eigenvalue weighted by atomic mass is 19.1. The lowest BCUT2D eigenvalue weighted by Crippen LogP contribution is -2.14. The minimum absolute atomic E-state index is 0.00430. The van der Waals surface area contributed by atoms with Gasteiger partial charge in [-0.05, 0) is 36.4 Å². The van der Waals surface area contributed by atoms with Crippen LogP contribution in [0.15, 0.2) is 54.7 Å². The Morgan fingerprint density at radius 3 is 2.73 bits per heavy atom. The van der Waals surface area contributed by atoms with Crippen molar-refractivity contribution in [2.45, 2.75) is 0 Å². The zero-order valence-corrected chi connectivity index (χ0v) is 11.8. The molecule has 0 fully saturated rings. The molecule has 1 aromatic heterocycles. The highest BCUT2D eigenvalue weighted by Crippen LogP contribution is 2.30. The van der Waals surface area contributed by atoms with Crippen LogP contribution in [-0.2, 0) is 0 Å². The molecule has 22 heavy (non-hydrogen) atoms. The van der Waals surface area contributed by atoms with Crippen molar-refractivity contribution in [1.29, 1.82) is 0 Å². The van der Waals surface area contributed by atoms with Crippen molar-refractivity contribution in [2.75, 3.05) is 12.4 Å². The number of rotatable bonds is 3. The topological polar surface area (TPSA) is 51.2 Å². The second-order valence-corrected chi connectivity index (χ2v) is 4.65. The van der Waals surface area contributed by atoms with Crippen molar-refractivity contribution in [3.8, 4) is 5.75 Å². The fourth-order valence-corrected chi connectivity index (χ4v) is 2.26. The summed E-state index contributed by atoms with van der Waals surface area (Å²) in [7, 11) is 1.56. The largest absolute Gasteiger partial charge is 0.494 e. The molecule has 0 atom stereocenters. The van der Waals surface area contributed by atoms with Gasteiger partial charge in [0.25, 0.3) is 5.91 Å². The summed E-state index contributed by atoms with van der Waals surface area (Å²) in [5.41, 5.74) is 1.18. The number of anilines is 1. The molecule has 0 spiro atoms. The maximum atomic E-state index is 13.7. The fraction of sp³-hybridized carbons (Fsp3) is 0.0588. The third-order valence-electron chi connectivity index (χ3n) is 3.32. The van der Waals surface area contributed by atoms with Crippen molar-refractivity contribution in [3.63, 3.8) is 0 Å². The van der Waals surface area contributed by atoms with E-state index in [2.05, 4.69) is 10.3 Å². The lowest BCUT2D eigenvalue weighted by atomic mass is 10.1. The van der Waals surface area contributed by atoms with Crippen molar-refractivity contribution in [3.05, 3.63) is 66.1 Å². The molecule has 0 unspecified atom stereocenters. The zero-order valence-electron chi connectivity index (χ0n) is 11.8. The number of amides is 1. The van der Waals surface area contributed by atoms with Crippen LogP contribution in [0.4, 0.5) is 10.1 Å². The monoisotopic (exact) mass is 296 g/mol. The van der Waals surface area contributed by atoms with E-state index >= 15 is 0 Å². The van der Waals surface area contributed by atoms with Crippen LogP contribution in [0.3, 0.4) is 0 Å². The smallest absolute Gasteiger partial charge is 0.258 e. The van der Waals surface area contributed by atoms with Crippen molar-refractivity contribution in [2.24, 2.45) is 0 Å². The van der Waals surface area contributed by atoms with Crippen LogP contribution in [0.25, 0.3) is 10.9 Å². The van der Waals surface area contributed by atoms with Crippen LogP contribution >= 0.6 is 0 Å². The third-order valence-corrected chi connectivity index (χ3v) is 3.32. The van der Waals surface area contributed by atoms with Crippen molar-refractivity contribution in [1.82, 2.24) is 4.98 Å². The fourth-order valence-electron chi connectivity index (χ4n) is 2.26. The van der Waals surface area contributed by atoms with Crippen LogP contribution < -0.4 is 10.1 Å². The van der Waals surface area contributed by atoms with E-state index in [1.54, 1.807) is 43.6 Å². The van der Waals surface area contributed by atoms with Crippen LogP contribution in [0, 0.1) is 5.82 Å². The molecule has 110 valence electrons. The SMILES string of the molecule is COc1ccc(NC(=O)c2ccccc2F)c2cccnc12. The number of hydrogen-bond donors (Lipinski definition) is 1. The molecule has 0 bridgehead atoms. The number of fused-ring (bicyclic) bond motifs is 1. The minimum atomic E-state index is -0.559. The number of hydrogen-bond acceptors (Lipinski definition) is 3. The second kappa shape index (κ2) is 5.81. The van der Waals surface area contributed by atoms with E-state index in [-0.39, 0.29) is 5.56 Å². The summed E-state index contributed by atoms with van der Waals surface area (Å²) >= 11 is 0. The number of pyridine rings is 1. The highest BCUT2D eigenvalue weighted by molar-refractivity contribution is 6.09. The van der Waals surface area contributed by atoms with Gasteiger partial charge in [-0.25, -0.2) is 4.39 Å². The maximum Gasteiger partial charge on any atom is 0.258 e. The molecule has 0 saturated heterocycles. The van der Waals surface area contributed by atoms with Gasteiger partial charge in [-0.1, -0.05) is 12.1 Å². The lowest BCUT2D eigenvalue weighted by molar-refractivity contribution is 0.102. The minimum Gasteiger partial charge on any atom is -0.494 e. The Labute approximate surface area is 126 Å². The quantitative estimate of drug-likeness (QED) is 0.803. The number of aromatic nitrogens is 1. The highest BCUT2D eigenvalue weighted by Gasteiger charge is 2.14. The van der Waals surface area contributed by atoms with Gasteiger partial charge in [0.15, 0.2) is 0 Å². The molecule has 1 amide bonds. The number of nitrogens with one attached hydrogen (secondary N) is 1. The van der Waals surface area contributed by atoms with Crippen LogP contribution in [0.5, 0.6) is 5.75 Å². The number of ether oxygens (including phenoxy) is 1.